The fraction of sp³-hybridized carbons (Fsp3) is 0.632. The van der Waals surface area contributed by atoms with E-state index in [1.807, 2.05) is 0 Å². The number of carbonyl (C=O) groups excluding carboxylic acids is 1. The smallest absolute Gasteiger partial charge is 0.237 e. The van der Waals surface area contributed by atoms with E-state index < -0.39 is 11.6 Å². The van der Waals surface area contributed by atoms with Crippen molar-refractivity contribution in [3.8, 4) is 0 Å². The number of fused-ring (bicyclic) bond motifs is 1. The summed E-state index contributed by atoms with van der Waals surface area (Å²) in [5.74, 6) is -0.436. The van der Waals surface area contributed by atoms with Gasteiger partial charge in [0.05, 0.1) is 6.04 Å². The molecule has 2 saturated heterocycles. The van der Waals surface area contributed by atoms with E-state index in [-0.39, 0.29) is 48.5 Å². The second-order valence-electron chi connectivity index (χ2n) is 7.62. The van der Waals surface area contributed by atoms with Crippen LogP contribution in [0.3, 0.4) is 0 Å². The molecule has 2 aliphatic heterocycles. The number of anilines is 1. The van der Waals surface area contributed by atoms with Crippen LogP contribution >= 0.6 is 24.8 Å². The van der Waals surface area contributed by atoms with Gasteiger partial charge in [-0.15, -0.1) is 24.8 Å². The highest BCUT2D eigenvalue weighted by Gasteiger charge is 2.39. The van der Waals surface area contributed by atoms with Gasteiger partial charge in [0, 0.05) is 25.2 Å². The number of amides is 1. The lowest BCUT2D eigenvalue weighted by atomic mass is 9.85. The molecule has 8 heteroatoms. The lowest BCUT2D eigenvalue weighted by Gasteiger charge is -2.24. The summed E-state index contributed by atoms with van der Waals surface area (Å²) in [4.78, 5) is 14.3. The maximum atomic E-state index is 13.9. The average Bonchev–Trinajstić information content (AvgIpc) is 3.21. The molecule has 1 aromatic carbocycles. The SMILES string of the molecule is Cl.Cl.O=C(NC1CCN(c2c(F)cccc2F)C1)C1CC2CCCCC2N1. The number of carbonyl (C=O) groups is 1. The number of hydrogen-bond donors (Lipinski definition) is 2. The number of nitrogens with zero attached hydrogens (tertiary/aromatic N) is 1. The van der Waals surface area contributed by atoms with Crippen molar-refractivity contribution in [1.29, 1.82) is 0 Å². The van der Waals surface area contributed by atoms with E-state index in [9.17, 15) is 13.6 Å². The molecule has 0 radical (unpaired) electrons. The molecule has 0 aromatic heterocycles. The molecular weight excluding hydrogens is 395 g/mol. The van der Waals surface area contributed by atoms with Crippen molar-refractivity contribution >= 4 is 36.4 Å². The van der Waals surface area contributed by atoms with Crippen LogP contribution in [0, 0.1) is 17.6 Å². The van der Waals surface area contributed by atoms with Crippen LogP contribution in [-0.4, -0.2) is 37.1 Å². The zero-order valence-corrected chi connectivity index (χ0v) is 16.8. The number of nitrogens with one attached hydrogen (secondary N) is 2. The Balaban J connectivity index is 0.00000131. The standard InChI is InChI=1S/C19H25F2N3O.2ClH/c20-14-5-3-6-15(21)18(14)24-9-8-13(11-24)22-19(25)17-10-12-4-1-2-7-16(12)23-17;;/h3,5-6,12-13,16-17,23H,1-2,4,7-11H2,(H,22,25);2*1H. The summed E-state index contributed by atoms with van der Waals surface area (Å²) in [5, 5.41) is 6.56. The number of benzene rings is 1. The fourth-order valence-electron chi connectivity index (χ4n) is 4.70. The molecule has 2 heterocycles. The van der Waals surface area contributed by atoms with Gasteiger partial charge in [0.15, 0.2) is 0 Å². The molecule has 1 aliphatic carbocycles. The summed E-state index contributed by atoms with van der Waals surface area (Å²) >= 11 is 0. The van der Waals surface area contributed by atoms with E-state index in [1.165, 1.54) is 37.5 Å². The van der Waals surface area contributed by atoms with E-state index in [0.717, 1.165) is 12.8 Å². The summed E-state index contributed by atoms with van der Waals surface area (Å²) in [5.41, 5.74) is 0.0178. The molecule has 4 unspecified atom stereocenters. The van der Waals surface area contributed by atoms with Crippen molar-refractivity contribution in [3.05, 3.63) is 29.8 Å². The Bertz CT molecular complexity index is 630. The largest absolute Gasteiger partial charge is 0.365 e. The van der Waals surface area contributed by atoms with Crippen molar-refractivity contribution in [3.63, 3.8) is 0 Å². The summed E-state index contributed by atoms with van der Waals surface area (Å²) in [6.07, 6.45) is 6.51. The Labute approximate surface area is 171 Å². The first-order chi connectivity index (χ1) is 12.1. The first kappa shape index (κ1) is 22.2. The molecule has 1 aromatic rings. The number of para-hydroxylation sites is 1. The molecule has 0 spiro atoms. The molecule has 1 saturated carbocycles. The molecule has 4 atom stereocenters. The average molecular weight is 422 g/mol. The fourth-order valence-corrected chi connectivity index (χ4v) is 4.70. The quantitative estimate of drug-likeness (QED) is 0.785. The van der Waals surface area contributed by atoms with Gasteiger partial charge in [-0.25, -0.2) is 8.78 Å². The Hall–Kier alpha value is -1.11. The third kappa shape index (κ3) is 4.66. The first-order valence-corrected chi connectivity index (χ1v) is 9.37. The van der Waals surface area contributed by atoms with Crippen LogP contribution in [-0.2, 0) is 4.79 Å². The van der Waals surface area contributed by atoms with Crippen LogP contribution < -0.4 is 15.5 Å². The summed E-state index contributed by atoms with van der Waals surface area (Å²) in [6, 6.07) is 4.22. The molecule has 27 heavy (non-hydrogen) atoms. The molecule has 2 N–H and O–H groups in total. The van der Waals surface area contributed by atoms with Gasteiger partial charge in [-0.3, -0.25) is 4.79 Å². The Morgan fingerprint density at radius 3 is 2.52 bits per heavy atom. The van der Waals surface area contributed by atoms with Gasteiger partial charge in [-0.05, 0) is 43.7 Å². The van der Waals surface area contributed by atoms with Crippen molar-refractivity contribution in [2.45, 2.75) is 56.7 Å². The van der Waals surface area contributed by atoms with Gasteiger partial charge in [0.1, 0.15) is 17.3 Å². The highest BCUT2D eigenvalue weighted by Crippen LogP contribution is 2.33. The van der Waals surface area contributed by atoms with E-state index >= 15 is 0 Å². The Morgan fingerprint density at radius 1 is 1.11 bits per heavy atom. The molecule has 4 nitrogen and oxygen atoms in total. The predicted octanol–water partition coefficient (Wildman–Crippen LogP) is 3.42. The maximum absolute atomic E-state index is 13.9. The number of rotatable bonds is 3. The summed E-state index contributed by atoms with van der Waals surface area (Å²) in [6.45, 7) is 0.995. The van der Waals surface area contributed by atoms with Gasteiger partial charge < -0.3 is 15.5 Å². The van der Waals surface area contributed by atoms with E-state index in [0.29, 0.717) is 31.5 Å². The minimum absolute atomic E-state index is 0. The van der Waals surface area contributed by atoms with Crippen LogP contribution in [0.25, 0.3) is 0 Å². The topological polar surface area (TPSA) is 44.4 Å². The van der Waals surface area contributed by atoms with Crippen molar-refractivity contribution in [2.75, 3.05) is 18.0 Å². The van der Waals surface area contributed by atoms with E-state index in [1.54, 1.807) is 4.90 Å². The normalized spacial score (nSPS) is 29.5. The highest BCUT2D eigenvalue weighted by molar-refractivity contribution is 5.85. The van der Waals surface area contributed by atoms with Crippen LogP contribution in [0.1, 0.15) is 38.5 Å². The molecule has 3 fully saturated rings. The predicted molar refractivity (Wildman–Crippen MR) is 107 cm³/mol. The third-order valence-corrected chi connectivity index (χ3v) is 5.97. The van der Waals surface area contributed by atoms with Gasteiger partial charge >= 0.3 is 0 Å². The first-order valence-electron chi connectivity index (χ1n) is 9.37. The molecule has 0 bridgehead atoms. The Morgan fingerprint density at radius 2 is 1.81 bits per heavy atom. The lowest BCUT2D eigenvalue weighted by Crippen LogP contribution is -2.47. The number of halogens is 4. The monoisotopic (exact) mass is 421 g/mol. The van der Waals surface area contributed by atoms with Crippen LogP contribution in [0.2, 0.25) is 0 Å². The number of hydrogen-bond acceptors (Lipinski definition) is 3. The Kier molecular flexibility index (Phi) is 7.72. The highest BCUT2D eigenvalue weighted by atomic mass is 35.5. The summed E-state index contributed by atoms with van der Waals surface area (Å²) < 4.78 is 27.9. The second-order valence-corrected chi connectivity index (χ2v) is 7.62. The molecular formula is C19H27Cl2F2N3O. The van der Waals surface area contributed by atoms with Gasteiger partial charge in [0.2, 0.25) is 5.91 Å². The van der Waals surface area contributed by atoms with Crippen molar-refractivity contribution < 1.29 is 13.6 Å². The van der Waals surface area contributed by atoms with Crippen LogP contribution in [0.5, 0.6) is 0 Å². The van der Waals surface area contributed by atoms with Crippen molar-refractivity contribution in [2.24, 2.45) is 5.92 Å². The minimum atomic E-state index is -0.548. The molecule has 152 valence electrons. The molecule has 1 amide bonds. The molecule has 4 rings (SSSR count). The van der Waals surface area contributed by atoms with Gasteiger partial charge in [0.25, 0.3) is 0 Å². The van der Waals surface area contributed by atoms with Gasteiger partial charge in [-0.2, -0.15) is 0 Å². The molecule has 3 aliphatic rings. The zero-order valence-electron chi connectivity index (χ0n) is 15.1. The minimum Gasteiger partial charge on any atom is -0.365 e. The van der Waals surface area contributed by atoms with Crippen LogP contribution in [0.15, 0.2) is 18.2 Å². The third-order valence-electron chi connectivity index (χ3n) is 5.97. The van der Waals surface area contributed by atoms with E-state index in [2.05, 4.69) is 10.6 Å². The van der Waals surface area contributed by atoms with Crippen molar-refractivity contribution in [1.82, 2.24) is 10.6 Å². The maximum Gasteiger partial charge on any atom is 0.237 e. The van der Waals surface area contributed by atoms with Crippen LogP contribution in [0.4, 0.5) is 14.5 Å². The zero-order chi connectivity index (χ0) is 17.4. The second kappa shape index (κ2) is 9.39. The van der Waals surface area contributed by atoms with Gasteiger partial charge in [-0.1, -0.05) is 18.9 Å². The summed E-state index contributed by atoms with van der Waals surface area (Å²) in [7, 11) is 0. The van der Waals surface area contributed by atoms with E-state index in [4.69, 9.17) is 0 Å². The lowest BCUT2D eigenvalue weighted by molar-refractivity contribution is -0.123.